The van der Waals surface area contributed by atoms with E-state index in [-0.39, 0.29) is 31.1 Å². The Bertz CT molecular complexity index is 891. The van der Waals surface area contributed by atoms with Gasteiger partial charge in [0.2, 0.25) is 5.91 Å². The molecule has 11 nitrogen and oxygen atoms in total. The molecule has 2 amide bonds. The van der Waals surface area contributed by atoms with E-state index in [0.29, 0.717) is 6.61 Å². The summed E-state index contributed by atoms with van der Waals surface area (Å²) in [7, 11) is 1.45. The van der Waals surface area contributed by atoms with E-state index in [1.54, 1.807) is 5.48 Å². The smallest absolute Gasteiger partial charge is 0.269 e. The maximum atomic E-state index is 12.8. The number of benzene rings is 1. The van der Waals surface area contributed by atoms with E-state index in [2.05, 4.69) is 5.32 Å². The van der Waals surface area contributed by atoms with Gasteiger partial charge in [-0.1, -0.05) is 0 Å². The fourth-order valence-electron chi connectivity index (χ4n) is 3.23. The molecule has 180 valence electrons. The average Bonchev–Trinajstić information content (AvgIpc) is 3.35. The Balaban J connectivity index is 2.21. The molecule has 0 bridgehead atoms. The molecule has 0 fully saturated rings. The molecule has 0 radical (unpaired) electrons. The van der Waals surface area contributed by atoms with Gasteiger partial charge in [0.1, 0.15) is 6.79 Å². The van der Waals surface area contributed by atoms with Crippen LogP contribution in [0.1, 0.15) is 35.4 Å². The number of rotatable bonds is 14. The minimum atomic E-state index is -0.854. The number of hydrogen-bond acceptors (Lipinski definition) is 9. The van der Waals surface area contributed by atoms with Gasteiger partial charge in [0.25, 0.3) is 11.6 Å². The van der Waals surface area contributed by atoms with Crippen molar-refractivity contribution in [1.82, 2.24) is 10.8 Å². The van der Waals surface area contributed by atoms with Crippen LogP contribution in [0.3, 0.4) is 0 Å². The zero-order valence-electron chi connectivity index (χ0n) is 18.3. The van der Waals surface area contributed by atoms with Gasteiger partial charge >= 0.3 is 0 Å². The van der Waals surface area contributed by atoms with Crippen LogP contribution >= 0.6 is 11.3 Å². The van der Waals surface area contributed by atoms with E-state index in [9.17, 15) is 24.9 Å². The lowest BCUT2D eigenvalue weighted by Crippen LogP contribution is -2.44. The van der Waals surface area contributed by atoms with E-state index < -0.39 is 34.8 Å². The second-order valence-electron chi connectivity index (χ2n) is 6.99. The van der Waals surface area contributed by atoms with Crippen molar-refractivity contribution < 1.29 is 33.9 Å². The number of nitro groups is 1. The minimum absolute atomic E-state index is 0.00446. The standard InChI is InChI=1S/C21H27N3O8S/c1-3-31-13-32-11-16(22-20(25)14-4-6-17(7-5-14)24(28)29)10-18(21(26)23-27)19(30-2)15-8-9-33-12-15/h4-9,12,16,18-19,27H,3,10-11,13H2,1-2H3,(H,22,25)(H,23,26)/t16-,18+,19?/m0/s1. The summed E-state index contributed by atoms with van der Waals surface area (Å²) in [6.07, 6.45) is -0.597. The fraction of sp³-hybridized carbons (Fsp3) is 0.429. The first-order chi connectivity index (χ1) is 15.9. The summed E-state index contributed by atoms with van der Waals surface area (Å²) in [6.45, 7) is 2.27. The Labute approximate surface area is 194 Å². The number of ether oxygens (including phenoxy) is 3. The number of non-ortho nitro benzene ring substituents is 1. The Morgan fingerprint density at radius 2 is 1.94 bits per heavy atom. The highest BCUT2D eigenvalue weighted by Crippen LogP contribution is 2.31. The first-order valence-electron chi connectivity index (χ1n) is 10.1. The molecule has 1 aromatic carbocycles. The number of thiophene rings is 1. The number of hydroxylamine groups is 1. The normalized spacial score (nSPS) is 13.7. The van der Waals surface area contributed by atoms with Gasteiger partial charge in [-0.3, -0.25) is 24.9 Å². The summed E-state index contributed by atoms with van der Waals surface area (Å²) in [5.74, 6) is -2.03. The molecule has 3 atom stereocenters. The molecule has 1 unspecified atom stereocenters. The molecule has 2 rings (SSSR count). The van der Waals surface area contributed by atoms with Crippen molar-refractivity contribution in [3.8, 4) is 0 Å². The summed E-state index contributed by atoms with van der Waals surface area (Å²) >= 11 is 1.44. The third-order valence-electron chi connectivity index (χ3n) is 4.84. The number of nitrogens with one attached hydrogen (secondary N) is 2. The van der Waals surface area contributed by atoms with Crippen LogP contribution in [0, 0.1) is 16.0 Å². The van der Waals surface area contributed by atoms with Crippen molar-refractivity contribution in [3.63, 3.8) is 0 Å². The predicted molar refractivity (Wildman–Crippen MR) is 119 cm³/mol. The van der Waals surface area contributed by atoms with Crippen LogP contribution in [0.25, 0.3) is 0 Å². The van der Waals surface area contributed by atoms with Gasteiger partial charge in [-0.15, -0.1) is 0 Å². The van der Waals surface area contributed by atoms with Crippen molar-refractivity contribution in [2.45, 2.75) is 25.5 Å². The lowest BCUT2D eigenvalue weighted by atomic mass is 9.90. The zero-order valence-corrected chi connectivity index (χ0v) is 19.1. The Morgan fingerprint density at radius 1 is 1.21 bits per heavy atom. The van der Waals surface area contributed by atoms with Gasteiger partial charge < -0.3 is 19.5 Å². The van der Waals surface area contributed by atoms with Crippen LogP contribution < -0.4 is 10.8 Å². The maximum absolute atomic E-state index is 12.8. The number of hydrogen-bond donors (Lipinski definition) is 3. The maximum Gasteiger partial charge on any atom is 0.269 e. The lowest BCUT2D eigenvalue weighted by Gasteiger charge is -2.28. The Morgan fingerprint density at radius 3 is 2.48 bits per heavy atom. The highest BCUT2D eigenvalue weighted by Gasteiger charge is 2.33. The first kappa shape index (κ1) is 26.4. The molecule has 2 aromatic rings. The molecule has 1 aromatic heterocycles. The third-order valence-corrected chi connectivity index (χ3v) is 5.54. The number of amides is 2. The number of methoxy groups -OCH3 is 1. The van der Waals surface area contributed by atoms with Crippen molar-refractivity contribution in [2.24, 2.45) is 5.92 Å². The molecule has 0 aliphatic rings. The SMILES string of the molecule is CCOCOC[C@H](C[C@@H](C(=O)NO)C(OC)c1ccsc1)NC(=O)c1ccc([N+](=O)[O-])cc1. The van der Waals surface area contributed by atoms with Gasteiger partial charge in [-0.2, -0.15) is 11.3 Å². The summed E-state index contributed by atoms with van der Waals surface area (Å²) in [5.41, 5.74) is 2.49. The predicted octanol–water partition coefficient (Wildman–Crippen LogP) is 2.66. The van der Waals surface area contributed by atoms with Crippen LogP contribution in [0.15, 0.2) is 41.1 Å². The van der Waals surface area contributed by atoms with Crippen molar-refractivity contribution in [1.29, 1.82) is 0 Å². The number of nitrogens with zero attached hydrogens (tertiary/aromatic N) is 1. The highest BCUT2D eigenvalue weighted by molar-refractivity contribution is 7.07. The molecule has 0 aliphatic heterocycles. The van der Waals surface area contributed by atoms with Gasteiger partial charge in [0.15, 0.2) is 0 Å². The summed E-state index contributed by atoms with van der Waals surface area (Å²) in [6, 6.07) is 6.29. The number of carbonyl (C=O) groups is 2. The average molecular weight is 482 g/mol. The lowest BCUT2D eigenvalue weighted by molar-refractivity contribution is -0.384. The van der Waals surface area contributed by atoms with Crippen LogP contribution in [0.2, 0.25) is 0 Å². The third kappa shape index (κ3) is 7.87. The number of carbonyl (C=O) groups excluding carboxylic acids is 2. The zero-order chi connectivity index (χ0) is 24.2. The van der Waals surface area contributed by atoms with Crippen LogP contribution in [-0.4, -0.2) is 55.1 Å². The quantitative estimate of drug-likeness (QED) is 0.123. The fourth-order valence-corrected chi connectivity index (χ4v) is 3.92. The van der Waals surface area contributed by atoms with E-state index in [1.165, 1.54) is 42.7 Å². The molecule has 33 heavy (non-hydrogen) atoms. The second-order valence-corrected chi connectivity index (χ2v) is 7.77. The molecular formula is C21H27N3O8S. The highest BCUT2D eigenvalue weighted by atomic mass is 32.1. The second kappa shape index (κ2) is 13.6. The van der Waals surface area contributed by atoms with Crippen molar-refractivity contribution in [3.05, 3.63) is 62.3 Å². The minimum Gasteiger partial charge on any atom is -0.376 e. The molecule has 0 spiro atoms. The van der Waals surface area contributed by atoms with Crippen molar-refractivity contribution in [2.75, 3.05) is 27.1 Å². The molecule has 0 saturated carbocycles. The number of nitro benzene ring substituents is 1. The topological polar surface area (TPSA) is 149 Å². The van der Waals surface area contributed by atoms with Gasteiger partial charge in [-0.05, 0) is 47.9 Å². The molecule has 0 aliphatic carbocycles. The molecule has 3 N–H and O–H groups in total. The van der Waals surface area contributed by atoms with E-state index in [0.717, 1.165) is 5.56 Å². The largest absolute Gasteiger partial charge is 0.376 e. The van der Waals surface area contributed by atoms with Crippen LogP contribution in [-0.2, 0) is 19.0 Å². The Kier molecular flexibility index (Phi) is 10.9. The monoisotopic (exact) mass is 481 g/mol. The van der Waals surface area contributed by atoms with Crippen LogP contribution in [0.4, 0.5) is 5.69 Å². The van der Waals surface area contributed by atoms with Gasteiger partial charge in [0.05, 0.1) is 29.6 Å². The molecule has 1 heterocycles. The first-order valence-corrected chi connectivity index (χ1v) is 11.0. The van der Waals surface area contributed by atoms with Crippen molar-refractivity contribution >= 4 is 28.8 Å². The van der Waals surface area contributed by atoms with Gasteiger partial charge in [-0.25, -0.2) is 5.48 Å². The summed E-state index contributed by atoms with van der Waals surface area (Å²) in [4.78, 5) is 35.5. The van der Waals surface area contributed by atoms with E-state index in [4.69, 9.17) is 14.2 Å². The molecular weight excluding hydrogens is 454 g/mol. The van der Waals surface area contributed by atoms with Gasteiger partial charge in [0, 0.05) is 31.4 Å². The van der Waals surface area contributed by atoms with E-state index >= 15 is 0 Å². The van der Waals surface area contributed by atoms with E-state index in [1.807, 2.05) is 23.8 Å². The summed E-state index contributed by atoms with van der Waals surface area (Å²) < 4.78 is 16.2. The molecule has 0 saturated heterocycles. The summed E-state index contributed by atoms with van der Waals surface area (Å²) in [5, 5.41) is 26.6. The van der Waals surface area contributed by atoms with Crippen LogP contribution in [0.5, 0.6) is 0 Å². The Hall–Kier alpha value is -2.90. The molecule has 12 heteroatoms.